The van der Waals surface area contributed by atoms with Crippen molar-refractivity contribution in [3.05, 3.63) is 28.2 Å². The molecule has 0 amide bonds. The Morgan fingerprint density at radius 3 is 3.06 bits per heavy atom. The maximum absolute atomic E-state index is 4.38. The van der Waals surface area contributed by atoms with Crippen LogP contribution in [-0.4, -0.2) is 18.1 Å². The van der Waals surface area contributed by atoms with Gasteiger partial charge in [-0.2, -0.15) is 0 Å². The molecule has 1 heterocycles. The Balaban J connectivity index is 1.71. The zero-order valence-corrected chi connectivity index (χ0v) is 12.5. The van der Waals surface area contributed by atoms with Gasteiger partial charge in [0, 0.05) is 24.0 Å². The van der Waals surface area contributed by atoms with Crippen molar-refractivity contribution in [3.8, 4) is 0 Å². The van der Waals surface area contributed by atoms with Gasteiger partial charge in [0.15, 0.2) is 0 Å². The summed E-state index contributed by atoms with van der Waals surface area (Å²) in [4.78, 5) is 4.38. The molecule has 1 aromatic heterocycles. The minimum atomic E-state index is 0.530. The second kappa shape index (κ2) is 6.48. The van der Waals surface area contributed by atoms with Gasteiger partial charge in [-0.05, 0) is 38.1 Å². The summed E-state index contributed by atoms with van der Waals surface area (Å²) >= 11 is 1.76. The van der Waals surface area contributed by atoms with Crippen LogP contribution in [0.1, 0.15) is 44.5 Å². The Bertz CT molecular complexity index is 383. The van der Waals surface area contributed by atoms with Crippen molar-refractivity contribution in [2.45, 2.75) is 39.5 Å². The van der Waals surface area contributed by atoms with Crippen molar-refractivity contribution in [2.75, 3.05) is 13.1 Å². The van der Waals surface area contributed by atoms with Gasteiger partial charge in [0.05, 0.1) is 5.01 Å². The Hall–Kier alpha value is -0.670. The van der Waals surface area contributed by atoms with Crippen LogP contribution < -0.4 is 5.32 Å². The van der Waals surface area contributed by atoms with Crippen LogP contribution in [0, 0.1) is 11.8 Å². The number of thiazole rings is 1. The maximum Gasteiger partial charge on any atom is 0.0965 e. The second-order valence-electron chi connectivity index (χ2n) is 5.73. The van der Waals surface area contributed by atoms with E-state index in [9.17, 15) is 0 Å². The normalized spacial score (nSPS) is 25.8. The van der Waals surface area contributed by atoms with E-state index in [0.717, 1.165) is 24.9 Å². The molecular weight excluding hydrogens is 240 g/mol. The molecule has 1 aromatic rings. The molecule has 100 valence electrons. The molecule has 3 heteroatoms. The van der Waals surface area contributed by atoms with Crippen molar-refractivity contribution in [1.29, 1.82) is 0 Å². The average molecular weight is 264 g/mol. The highest BCUT2D eigenvalue weighted by molar-refractivity contribution is 7.09. The number of aromatic nitrogens is 1. The highest BCUT2D eigenvalue weighted by atomic mass is 32.1. The number of rotatable bonds is 5. The molecule has 0 bridgehead atoms. The molecule has 0 aromatic carbocycles. The van der Waals surface area contributed by atoms with Crippen molar-refractivity contribution < 1.29 is 0 Å². The lowest BCUT2D eigenvalue weighted by molar-refractivity contribution is 0.378. The fraction of sp³-hybridized carbons (Fsp3) is 0.667. The van der Waals surface area contributed by atoms with E-state index >= 15 is 0 Å². The van der Waals surface area contributed by atoms with E-state index in [0.29, 0.717) is 5.92 Å². The van der Waals surface area contributed by atoms with Gasteiger partial charge >= 0.3 is 0 Å². The lowest BCUT2D eigenvalue weighted by atomic mass is 9.84. The van der Waals surface area contributed by atoms with Crippen molar-refractivity contribution >= 4 is 11.3 Å². The number of hydrogen-bond acceptors (Lipinski definition) is 3. The minimum Gasteiger partial charge on any atom is -0.316 e. The third kappa shape index (κ3) is 3.92. The van der Waals surface area contributed by atoms with Crippen LogP contribution in [0.5, 0.6) is 0 Å². The Kier molecular flexibility index (Phi) is 4.95. The number of nitrogens with zero attached hydrogens (tertiary/aromatic N) is 1. The van der Waals surface area contributed by atoms with Crippen molar-refractivity contribution in [3.63, 3.8) is 0 Å². The molecule has 3 atom stereocenters. The quantitative estimate of drug-likeness (QED) is 0.818. The minimum absolute atomic E-state index is 0.530. The van der Waals surface area contributed by atoms with E-state index in [1.165, 1.54) is 17.8 Å². The van der Waals surface area contributed by atoms with E-state index in [1.807, 2.05) is 6.20 Å². The third-order valence-corrected chi connectivity index (χ3v) is 4.65. The molecule has 18 heavy (non-hydrogen) atoms. The van der Waals surface area contributed by atoms with Crippen LogP contribution in [0.25, 0.3) is 0 Å². The molecule has 2 nitrogen and oxygen atoms in total. The van der Waals surface area contributed by atoms with Crippen molar-refractivity contribution in [1.82, 2.24) is 10.3 Å². The van der Waals surface area contributed by atoms with Crippen LogP contribution in [0.15, 0.2) is 23.2 Å². The molecule has 0 fully saturated rings. The zero-order valence-electron chi connectivity index (χ0n) is 11.6. The zero-order chi connectivity index (χ0) is 13.0. The highest BCUT2D eigenvalue weighted by Crippen LogP contribution is 2.27. The van der Waals surface area contributed by atoms with Crippen LogP contribution in [0.2, 0.25) is 0 Å². The van der Waals surface area contributed by atoms with Gasteiger partial charge < -0.3 is 5.32 Å². The molecule has 0 aliphatic heterocycles. The molecule has 1 aliphatic carbocycles. The molecular formula is C15H24N2S. The molecule has 0 radical (unpaired) electrons. The molecule has 2 rings (SSSR count). The summed E-state index contributed by atoms with van der Waals surface area (Å²) < 4.78 is 0. The summed E-state index contributed by atoms with van der Waals surface area (Å²) in [5.41, 5.74) is 1.56. The van der Waals surface area contributed by atoms with E-state index in [-0.39, 0.29) is 0 Å². The standard InChI is InChI=1S/C15H24N2S/c1-11-6-12(2)8-14(7-11)10-16-9-13(3)15-17-4-5-18-15/h4-6,11,13-14,16H,7-10H2,1-3H3. The first-order chi connectivity index (χ1) is 8.65. The van der Waals surface area contributed by atoms with Crippen molar-refractivity contribution in [2.24, 2.45) is 11.8 Å². The summed E-state index contributed by atoms with van der Waals surface area (Å²) in [6.45, 7) is 9.03. The lowest BCUT2D eigenvalue weighted by Gasteiger charge is -2.26. The monoisotopic (exact) mass is 264 g/mol. The van der Waals surface area contributed by atoms with Gasteiger partial charge in [0.2, 0.25) is 0 Å². The highest BCUT2D eigenvalue weighted by Gasteiger charge is 2.18. The number of hydrogen-bond donors (Lipinski definition) is 1. The summed E-state index contributed by atoms with van der Waals surface area (Å²) in [7, 11) is 0. The van der Waals surface area contributed by atoms with E-state index in [2.05, 4.69) is 42.5 Å². The smallest absolute Gasteiger partial charge is 0.0965 e. The first kappa shape index (κ1) is 13.8. The first-order valence-electron chi connectivity index (χ1n) is 6.92. The second-order valence-corrected chi connectivity index (χ2v) is 6.65. The predicted molar refractivity (Wildman–Crippen MR) is 79.0 cm³/mol. The van der Waals surface area contributed by atoms with Crippen LogP contribution >= 0.6 is 11.3 Å². The predicted octanol–water partition coefficient (Wildman–Crippen LogP) is 3.83. The molecule has 1 N–H and O–H groups in total. The van der Waals surface area contributed by atoms with E-state index in [4.69, 9.17) is 0 Å². The van der Waals surface area contributed by atoms with Crippen LogP contribution in [0.4, 0.5) is 0 Å². The van der Waals surface area contributed by atoms with Gasteiger partial charge in [0.25, 0.3) is 0 Å². The van der Waals surface area contributed by atoms with Gasteiger partial charge in [-0.15, -0.1) is 11.3 Å². The molecule has 0 spiro atoms. The Morgan fingerprint density at radius 1 is 1.56 bits per heavy atom. The topological polar surface area (TPSA) is 24.9 Å². The maximum atomic E-state index is 4.38. The van der Waals surface area contributed by atoms with E-state index in [1.54, 1.807) is 16.9 Å². The summed E-state index contributed by atoms with van der Waals surface area (Å²) in [6, 6.07) is 0. The van der Waals surface area contributed by atoms with E-state index < -0.39 is 0 Å². The molecule has 0 saturated heterocycles. The average Bonchev–Trinajstić information content (AvgIpc) is 2.80. The summed E-state index contributed by atoms with van der Waals surface area (Å²) in [5, 5.41) is 6.93. The Morgan fingerprint density at radius 2 is 2.39 bits per heavy atom. The summed E-state index contributed by atoms with van der Waals surface area (Å²) in [6.07, 6.45) is 6.92. The molecule has 1 aliphatic rings. The van der Waals surface area contributed by atoms with Gasteiger partial charge in [-0.25, -0.2) is 4.98 Å². The molecule has 3 unspecified atom stereocenters. The van der Waals surface area contributed by atoms with Gasteiger partial charge in [-0.3, -0.25) is 0 Å². The SMILES string of the molecule is CC1=CC(C)CC(CNCC(C)c2nccs2)C1. The fourth-order valence-electron chi connectivity index (χ4n) is 2.91. The van der Waals surface area contributed by atoms with Crippen LogP contribution in [-0.2, 0) is 0 Å². The molecule has 0 saturated carbocycles. The lowest BCUT2D eigenvalue weighted by Crippen LogP contribution is -2.28. The fourth-order valence-corrected chi connectivity index (χ4v) is 3.61. The van der Waals surface area contributed by atoms with Gasteiger partial charge in [-0.1, -0.05) is 25.5 Å². The largest absolute Gasteiger partial charge is 0.316 e. The van der Waals surface area contributed by atoms with Crippen LogP contribution in [0.3, 0.4) is 0 Å². The number of nitrogens with one attached hydrogen (secondary N) is 1. The third-order valence-electron chi connectivity index (χ3n) is 3.64. The van der Waals surface area contributed by atoms with Gasteiger partial charge in [0.1, 0.15) is 0 Å². The first-order valence-corrected chi connectivity index (χ1v) is 7.80. The number of allylic oxidation sites excluding steroid dienone is 2. The Labute approximate surface area is 115 Å². The summed E-state index contributed by atoms with van der Waals surface area (Å²) in [5.74, 6) is 2.10.